The normalized spacial score (nSPS) is 12.0. The molecule has 2 N–H and O–H groups in total. The first-order chi connectivity index (χ1) is 16.1. The number of benzene rings is 2. The van der Waals surface area contributed by atoms with Gasteiger partial charge in [0, 0.05) is 18.1 Å². The number of nitrogens with zero attached hydrogens (tertiary/aromatic N) is 2. The number of carbonyl (C=O) groups excluding carboxylic acids is 1. The van der Waals surface area contributed by atoms with Crippen molar-refractivity contribution in [1.82, 2.24) is 20.5 Å². The van der Waals surface area contributed by atoms with E-state index in [-0.39, 0.29) is 27.7 Å². The van der Waals surface area contributed by atoms with Crippen molar-refractivity contribution in [3.05, 3.63) is 77.6 Å². The van der Waals surface area contributed by atoms with Crippen molar-refractivity contribution in [3.63, 3.8) is 0 Å². The molecule has 0 spiro atoms. The van der Waals surface area contributed by atoms with Gasteiger partial charge in [0.15, 0.2) is 5.65 Å². The molecule has 4 aromatic rings. The van der Waals surface area contributed by atoms with E-state index in [1.165, 1.54) is 13.3 Å². The molecular weight excluding hydrogens is 452 g/mol. The quantitative estimate of drug-likeness (QED) is 0.433. The van der Waals surface area contributed by atoms with Crippen LogP contribution in [0.5, 0.6) is 5.75 Å². The van der Waals surface area contributed by atoms with Gasteiger partial charge in [0.05, 0.1) is 23.8 Å². The van der Waals surface area contributed by atoms with Crippen molar-refractivity contribution in [3.8, 4) is 5.75 Å². The molecule has 0 aliphatic heterocycles. The molecule has 0 fully saturated rings. The van der Waals surface area contributed by atoms with E-state index >= 15 is 0 Å². The van der Waals surface area contributed by atoms with E-state index in [1.54, 1.807) is 48.7 Å². The van der Waals surface area contributed by atoms with Crippen LogP contribution in [0.2, 0.25) is 0 Å². The molecule has 176 valence electrons. The summed E-state index contributed by atoms with van der Waals surface area (Å²) >= 11 is 0. The highest BCUT2D eigenvalue weighted by molar-refractivity contribution is 7.91. The third kappa shape index (κ3) is 4.65. The Morgan fingerprint density at radius 3 is 2.47 bits per heavy atom. The summed E-state index contributed by atoms with van der Waals surface area (Å²) < 4.78 is 32.1. The van der Waals surface area contributed by atoms with Crippen molar-refractivity contribution in [2.24, 2.45) is 0 Å². The number of aromatic amines is 1. The van der Waals surface area contributed by atoms with Crippen LogP contribution in [0, 0.1) is 0 Å². The highest BCUT2D eigenvalue weighted by atomic mass is 32.2. The van der Waals surface area contributed by atoms with Gasteiger partial charge < -0.3 is 10.1 Å². The Morgan fingerprint density at radius 2 is 1.79 bits per heavy atom. The van der Waals surface area contributed by atoms with Crippen molar-refractivity contribution in [1.29, 1.82) is 0 Å². The summed E-state index contributed by atoms with van der Waals surface area (Å²) in [5, 5.41) is 10.2. The molecule has 2 heterocycles. The van der Waals surface area contributed by atoms with E-state index in [0.29, 0.717) is 17.0 Å². The molecule has 1 amide bonds. The minimum absolute atomic E-state index is 0.130. The monoisotopic (exact) mass is 478 g/mol. The third-order valence-electron chi connectivity index (χ3n) is 5.56. The van der Waals surface area contributed by atoms with E-state index in [4.69, 9.17) is 4.74 Å². The number of methoxy groups -OCH3 is 1. The number of hydrogen-bond donors (Lipinski definition) is 2. The second-order valence-corrected chi connectivity index (χ2v) is 10.9. The number of amides is 1. The van der Waals surface area contributed by atoms with Crippen molar-refractivity contribution in [2.75, 3.05) is 7.11 Å². The van der Waals surface area contributed by atoms with Crippen LogP contribution in [0.1, 0.15) is 42.3 Å². The minimum atomic E-state index is -3.80. The van der Waals surface area contributed by atoms with Gasteiger partial charge >= 0.3 is 0 Å². The Balaban J connectivity index is 1.52. The average molecular weight is 479 g/mol. The summed E-state index contributed by atoms with van der Waals surface area (Å²) in [5.74, 6) is 0.0172. The number of carbonyl (C=O) groups is 1. The van der Waals surface area contributed by atoms with Crippen LogP contribution in [0.15, 0.2) is 70.7 Å². The van der Waals surface area contributed by atoms with E-state index in [2.05, 4.69) is 20.5 Å². The maximum Gasteiger partial charge on any atom is 0.253 e. The fourth-order valence-electron chi connectivity index (χ4n) is 3.51. The Bertz CT molecular complexity index is 1450. The van der Waals surface area contributed by atoms with E-state index < -0.39 is 9.84 Å². The summed E-state index contributed by atoms with van der Waals surface area (Å²) in [5.41, 5.74) is 2.47. The topological polar surface area (TPSA) is 114 Å². The van der Waals surface area contributed by atoms with Crippen molar-refractivity contribution >= 4 is 26.8 Å². The van der Waals surface area contributed by atoms with Gasteiger partial charge in [0.25, 0.3) is 5.91 Å². The molecule has 0 aliphatic rings. The van der Waals surface area contributed by atoms with E-state index in [0.717, 1.165) is 16.5 Å². The second-order valence-electron chi connectivity index (χ2n) is 8.98. The minimum Gasteiger partial charge on any atom is -0.495 e. The first-order valence-corrected chi connectivity index (χ1v) is 12.2. The highest BCUT2D eigenvalue weighted by Gasteiger charge is 2.25. The lowest BCUT2D eigenvalue weighted by molar-refractivity contribution is 0.0950. The fourth-order valence-corrected chi connectivity index (χ4v) is 4.96. The molecule has 0 atom stereocenters. The second kappa shape index (κ2) is 8.90. The number of rotatable bonds is 6. The van der Waals surface area contributed by atoms with Gasteiger partial charge in [-0.2, -0.15) is 5.10 Å². The van der Waals surface area contributed by atoms with Crippen molar-refractivity contribution in [2.45, 2.75) is 42.5 Å². The maximum absolute atomic E-state index is 13.4. The molecule has 0 unspecified atom stereocenters. The van der Waals surface area contributed by atoms with Gasteiger partial charge in [-0.25, -0.2) is 13.4 Å². The van der Waals surface area contributed by atoms with Crippen LogP contribution in [-0.4, -0.2) is 36.6 Å². The molecule has 8 nitrogen and oxygen atoms in total. The predicted molar refractivity (Wildman–Crippen MR) is 129 cm³/mol. The third-order valence-corrected chi connectivity index (χ3v) is 7.35. The smallest absolute Gasteiger partial charge is 0.253 e. The first-order valence-electron chi connectivity index (χ1n) is 10.7. The summed E-state index contributed by atoms with van der Waals surface area (Å²) in [6.07, 6.45) is 3.08. The summed E-state index contributed by atoms with van der Waals surface area (Å²) in [6, 6.07) is 13.4. The number of H-pyrrole nitrogens is 1. The molecule has 4 rings (SSSR count). The van der Waals surface area contributed by atoms with Crippen LogP contribution >= 0.6 is 0 Å². The standard InChI is InChI=1S/C25H26N4O4S/c1-25(2,3)19-7-10-21(33-4)22(12-19)34(31,32)20-8-5-16(6-9-20)13-27-24(30)18-11-17-15-28-29-23(17)26-14-18/h5-12,14-15H,13H2,1-4H3,(H,27,30)(H,26,28,29). The largest absolute Gasteiger partial charge is 0.495 e. The van der Waals surface area contributed by atoms with Crippen LogP contribution in [0.25, 0.3) is 11.0 Å². The number of nitrogens with one attached hydrogen (secondary N) is 2. The maximum atomic E-state index is 13.4. The molecule has 0 saturated heterocycles. The SMILES string of the molecule is COc1ccc(C(C)(C)C)cc1S(=O)(=O)c1ccc(CNC(=O)c2cnc3[nH]ncc3c2)cc1. The zero-order valence-electron chi connectivity index (χ0n) is 19.4. The average Bonchev–Trinajstić information content (AvgIpc) is 3.29. The van der Waals surface area contributed by atoms with E-state index in [9.17, 15) is 13.2 Å². The van der Waals surface area contributed by atoms with Crippen LogP contribution in [-0.2, 0) is 21.8 Å². The van der Waals surface area contributed by atoms with E-state index in [1.807, 2.05) is 26.8 Å². The Kier molecular flexibility index (Phi) is 6.14. The summed E-state index contributed by atoms with van der Waals surface area (Å²) in [7, 11) is -2.35. The Hall–Kier alpha value is -3.72. The molecular formula is C25H26N4O4S. The fraction of sp³-hybridized carbons (Fsp3) is 0.240. The van der Waals surface area contributed by atoms with Crippen LogP contribution in [0.3, 0.4) is 0 Å². The van der Waals surface area contributed by atoms with Crippen molar-refractivity contribution < 1.29 is 17.9 Å². The zero-order chi connectivity index (χ0) is 24.5. The lowest BCUT2D eigenvalue weighted by Crippen LogP contribution is -2.22. The lowest BCUT2D eigenvalue weighted by Gasteiger charge is -2.21. The van der Waals surface area contributed by atoms with Gasteiger partial charge in [-0.1, -0.05) is 39.0 Å². The molecule has 34 heavy (non-hydrogen) atoms. The van der Waals surface area contributed by atoms with Gasteiger partial charge in [-0.15, -0.1) is 0 Å². The predicted octanol–water partition coefficient (Wildman–Crippen LogP) is 4.03. The van der Waals surface area contributed by atoms with Gasteiger partial charge in [-0.3, -0.25) is 9.89 Å². The van der Waals surface area contributed by atoms with Crippen LogP contribution < -0.4 is 10.1 Å². The van der Waals surface area contributed by atoms with Gasteiger partial charge in [0.2, 0.25) is 9.84 Å². The zero-order valence-corrected chi connectivity index (χ0v) is 20.2. The van der Waals surface area contributed by atoms with Crippen LogP contribution in [0.4, 0.5) is 0 Å². The molecule has 0 aliphatic carbocycles. The number of fused-ring (bicyclic) bond motifs is 1. The molecule has 0 radical (unpaired) electrons. The Morgan fingerprint density at radius 1 is 1.06 bits per heavy atom. The molecule has 0 bridgehead atoms. The molecule has 0 saturated carbocycles. The molecule has 9 heteroatoms. The number of ether oxygens (including phenoxy) is 1. The Labute approximate surface area is 198 Å². The number of hydrogen-bond acceptors (Lipinski definition) is 6. The highest BCUT2D eigenvalue weighted by Crippen LogP contribution is 2.34. The number of sulfone groups is 1. The van der Waals surface area contributed by atoms with Gasteiger partial charge in [-0.05, 0) is 46.9 Å². The summed E-state index contributed by atoms with van der Waals surface area (Å²) in [6.45, 7) is 6.32. The molecule has 2 aromatic carbocycles. The first kappa shape index (κ1) is 23.4. The summed E-state index contributed by atoms with van der Waals surface area (Å²) in [4.78, 5) is 16.9. The molecule has 2 aromatic heterocycles. The lowest BCUT2D eigenvalue weighted by atomic mass is 9.87. The van der Waals surface area contributed by atoms with Gasteiger partial charge in [0.1, 0.15) is 10.6 Å². The number of pyridine rings is 1. The number of aromatic nitrogens is 3.